The van der Waals surface area contributed by atoms with Crippen LogP contribution in [0.15, 0.2) is 54.6 Å². The fourth-order valence-electron chi connectivity index (χ4n) is 3.27. The Bertz CT molecular complexity index is 595. The Balaban J connectivity index is 0.00000176. The Hall–Kier alpha value is -1.07. The van der Waals surface area contributed by atoms with E-state index >= 15 is 0 Å². The third-order valence-corrected chi connectivity index (χ3v) is 4.34. The number of nitrogens with zero attached hydrogens (tertiary/aromatic N) is 2. The van der Waals surface area contributed by atoms with Gasteiger partial charge in [-0.2, -0.15) is 0 Å². The summed E-state index contributed by atoms with van der Waals surface area (Å²) in [4.78, 5) is 2.55. The Kier molecular flexibility index (Phi) is 5.87. The number of quaternary nitrogens is 1. The van der Waals surface area contributed by atoms with Crippen LogP contribution in [0.4, 0.5) is 5.69 Å². The van der Waals surface area contributed by atoms with Crippen molar-refractivity contribution in [1.82, 2.24) is 0 Å². The van der Waals surface area contributed by atoms with Crippen molar-refractivity contribution in [1.29, 1.82) is 0 Å². The molecule has 0 N–H and O–H groups in total. The number of hydrogen-bond donors (Lipinski definition) is 0. The molecule has 2 aromatic rings. The molecule has 0 spiro atoms. The Morgan fingerprint density at radius 2 is 1.64 bits per heavy atom. The van der Waals surface area contributed by atoms with Crippen molar-refractivity contribution in [2.45, 2.75) is 19.5 Å². The van der Waals surface area contributed by atoms with E-state index in [4.69, 9.17) is 0 Å². The summed E-state index contributed by atoms with van der Waals surface area (Å²) in [6, 6.07) is 19.7. The second-order valence-electron chi connectivity index (χ2n) is 6.71. The molecule has 0 amide bonds. The van der Waals surface area contributed by atoms with Gasteiger partial charge in [-0.05, 0) is 11.6 Å². The average Bonchev–Trinajstić information content (AvgIpc) is 2.46. The van der Waals surface area contributed by atoms with E-state index in [0.29, 0.717) is 0 Å². The van der Waals surface area contributed by atoms with Crippen molar-refractivity contribution >= 4 is 5.69 Å². The standard InChI is InChI=1S/C19H25N2.HI/c1-21(2)14-8-13-20(15-17-9-4-3-5-10-17)19-12-7-6-11-18(19)16-21;/h3-7,9-12H,8,13-16H2,1-2H3;1H/q+1;/p-1. The molecule has 0 saturated heterocycles. The van der Waals surface area contributed by atoms with Crippen LogP contribution in [-0.2, 0) is 13.1 Å². The van der Waals surface area contributed by atoms with Crippen LogP contribution in [-0.4, -0.2) is 31.7 Å². The van der Waals surface area contributed by atoms with Crippen LogP contribution in [0.5, 0.6) is 0 Å². The third kappa shape index (κ3) is 4.23. The topological polar surface area (TPSA) is 3.24 Å². The fourth-order valence-corrected chi connectivity index (χ4v) is 3.27. The lowest BCUT2D eigenvalue weighted by molar-refractivity contribution is -0.903. The second-order valence-corrected chi connectivity index (χ2v) is 6.71. The maximum atomic E-state index is 2.55. The Morgan fingerprint density at radius 1 is 0.955 bits per heavy atom. The van der Waals surface area contributed by atoms with Gasteiger partial charge in [-0.15, -0.1) is 0 Å². The first kappa shape index (κ1) is 17.3. The molecule has 0 bridgehead atoms. The zero-order valence-electron chi connectivity index (χ0n) is 13.5. The average molecular weight is 408 g/mol. The van der Waals surface area contributed by atoms with Crippen molar-refractivity contribution in [2.75, 3.05) is 32.1 Å². The summed E-state index contributed by atoms with van der Waals surface area (Å²) in [5.74, 6) is 0. The van der Waals surface area contributed by atoms with Gasteiger partial charge in [0.2, 0.25) is 0 Å². The molecular weight excluding hydrogens is 383 g/mol. The van der Waals surface area contributed by atoms with Crippen LogP contribution in [0.1, 0.15) is 17.5 Å². The summed E-state index contributed by atoms with van der Waals surface area (Å²) < 4.78 is 1.08. The molecule has 0 aliphatic carbocycles. The molecule has 1 aliphatic heterocycles. The highest BCUT2D eigenvalue weighted by Gasteiger charge is 2.23. The molecule has 0 unspecified atom stereocenters. The quantitative estimate of drug-likeness (QED) is 0.522. The van der Waals surface area contributed by atoms with Gasteiger partial charge in [-0.25, -0.2) is 0 Å². The third-order valence-electron chi connectivity index (χ3n) is 4.34. The van der Waals surface area contributed by atoms with Gasteiger partial charge in [0, 0.05) is 30.8 Å². The number of halogens is 1. The summed E-state index contributed by atoms with van der Waals surface area (Å²) >= 11 is 0. The minimum atomic E-state index is 0. The number of benzene rings is 2. The van der Waals surface area contributed by atoms with E-state index in [1.807, 2.05) is 0 Å². The van der Waals surface area contributed by atoms with E-state index in [-0.39, 0.29) is 24.0 Å². The van der Waals surface area contributed by atoms with Gasteiger partial charge in [0.25, 0.3) is 0 Å². The maximum Gasteiger partial charge on any atom is 0.106 e. The summed E-state index contributed by atoms with van der Waals surface area (Å²) in [7, 11) is 4.67. The molecule has 0 saturated carbocycles. The van der Waals surface area contributed by atoms with Gasteiger partial charge in [0.05, 0.1) is 20.6 Å². The van der Waals surface area contributed by atoms with E-state index in [1.54, 1.807) is 0 Å². The molecule has 1 heterocycles. The van der Waals surface area contributed by atoms with E-state index < -0.39 is 0 Å². The van der Waals surface area contributed by atoms with Crippen molar-refractivity contribution < 1.29 is 28.5 Å². The predicted molar refractivity (Wildman–Crippen MR) is 89.2 cm³/mol. The monoisotopic (exact) mass is 408 g/mol. The highest BCUT2D eigenvalue weighted by molar-refractivity contribution is 5.54. The summed E-state index contributed by atoms with van der Waals surface area (Å²) in [6.07, 6.45) is 1.24. The van der Waals surface area contributed by atoms with Crippen molar-refractivity contribution in [3.63, 3.8) is 0 Å². The first-order valence-corrected chi connectivity index (χ1v) is 7.83. The molecule has 0 radical (unpaired) electrons. The minimum absolute atomic E-state index is 0. The summed E-state index contributed by atoms with van der Waals surface area (Å²) in [6.45, 7) is 4.49. The summed E-state index contributed by atoms with van der Waals surface area (Å²) in [5, 5.41) is 0. The van der Waals surface area contributed by atoms with Crippen LogP contribution in [0.25, 0.3) is 0 Å². The molecule has 22 heavy (non-hydrogen) atoms. The molecule has 3 rings (SSSR count). The van der Waals surface area contributed by atoms with Crippen LogP contribution in [0.2, 0.25) is 0 Å². The molecule has 118 valence electrons. The molecule has 0 atom stereocenters. The molecule has 2 nitrogen and oxygen atoms in total. The lowest BCUT2D eigenvalue weighted by Crippen LogP contribution is -3.00. The largest absolute Gasteiger partial charge is 1.00 e. The first-order valence-electron chi connectivity index (χ1n) is 7.83. The van der Waals surface area contributed by atoms with Gasteiger partial charge >= 0.3 is 0 Å². The molecule has 2 aromatic carbocycles. The SMILES string of the molecule is C[N+]1(C)CCCN(Cc2ccccc2)c2ccccc2C1.[I-]. The van der Waals surface area contributed by atoms with Crippen LogP contribution in [0.3, 0.4) is 0 Å². The predicted octanol–water partition coefficient (Wildman–Crippen LogP) is 0.677. The second kappa shape index (κ2) is 7.47. The number of anilines is 1. The lowest BCUT2D eigenvalue weighted by Gasteiger charge is -2.37. The Labute approximate surface area is 151 Å². The van der Waals surface area contributed by atoms with Gasteiger partial charge < -0.3 is 33.4 Å². The van der Waals surface area contributed by atoms with E-state index in [2.05, 4.69) is 73.6 Å². The van der Waals surface area contributed by atoms with Crippen LogP contribution in [0, 0.1) is 0 Å². The minimum Gasteiger partial charge on any atom is -1.00 e. The fraction of sp³-hybridized carbons (Fsp3) is 0.368. The zero-order valence-corrected chi connectivity index (χ0v) is 15.7. The van der Waals surface area contributed by atoms with Crippen molar-refractivity contribution in [3.8, 4) is 0 Å². The molecule has 3 heteroatoms. The maximum absolute atomic E-state index is 2.55. The van der Waals surface area contributed by atoms with Crippen molar-refractivity contribution in [3.05, 3.63) is 65.7 Å². The molecule has 1 aliphatic rings. The first-order chi connectivity index (χ1) is 10.1. The molecule has 0 aromatic heterocycles. The molecule has 0 fully saturated rings. The van der Waals surface area contributed by atoms with E-state index in [9.17, 15) is 0 Å². The lowest BCUT2D eigenvalue weighted by atomic mass is 10.1. The van der Waals surface area contributed by atoms with Gasteiger partial charge in [-0.3, -0.25) is 0 Å². The number of para-hydroxylation sites is 1. The normalized spacial score (nSPS) is 16.9. The summed E-state index contributed by atoms with van der Waals surface area (Å²) in [5.41, 5.74) is 4.27. The number of rotatable bonds is 2. The van der Waals surface area contributed by atoms with Crippen LogP contribution < -0.4 is 28.9 Å². The Morgan fingerprint density at radius 3 is 2.41 bits per heavy atom. The van der Waals surface area contributed by atoms with Crippen molar-refractivity contribution in [2.24, 2.45) is 0 Å². The number of fused-ring (bicyclic) bond motifs is 1. The number of hydrogen-bond acceptors (Lipinski definition) is 1. The van der Waals surface area contributed by atoms with Gasteiger partial charge in [0.15, 0.2) is 0 Å². The van der Waals surface area contributed by atoms with E-state index in [1.165, 1.54) is 29.8 Å². The zero-order chi connectivity index (χ0) is 14.7. The highest BCUT2D eigenvalue weighted by atomic mass is 127. The molecular formula is C19H25IN2. The van der Waals surface area contributed by atoms with Gasteiger partial charge in [-0.1, -0.05) is 48.5 Å². The van der Waals surface area contributed by atoms with Crippen LogP contribution >= 0.6 is 0 Å². The smallest absolute Gasteiger partial charge is 0.106 e. The van der Waals surface area contributed by atoms with Gasteiger partial charge in [0.1, 0.15) is 6.54 Å². The van der Waals surface area contributed by atoms with E-state index in [0.717, 1.165) is 24.1 Å². The highest BCUT2D eigenvalue weighted by Crippen LogP contribution is 2.27.